The highest BCUT2D eigenvalue weighted by Gasteiger charge is 2.41. The topological polar surface area (TPSA) is 52.3 Å². The van der Waals surface area contributed by atoms with Gasteiger partial charge in [0.05, 0.1) is 5.60 Å². The predicted molar refractivity (Wildman–Crippen MR) is 63.2 cm³/mol. The van der Waals surface area contributed by atoms with E-state index in [0.717, 1.165) is 38.7 Å². The number of rotatable bonds is 4. The zero-order valence-electron chi connectivity index (χ0n) is 10.0. The molecule has 1 heterocycles. The van der Waals surface area contributed by atoms with Gasteiger partial charge in [-0.3, -0.25) is 4.79 Å². The number of hydrogen-bond acceptors (Lipinski definition) is 3. The van der Waals surface area contributed by atoms with E-state index in [4.69, 9.17) is 10.5 Å². The summed E-state index contributed by atoms with van der Waals surface area (Å²) < 4.78 is 5.93. The summed E-state index contributed by atoms with van der Waals surface area (Å²) in [5.41, 5.74) is 5.52. The van der Waals surface area contributed by atoms with Crippen LogP contribution in [0, 0.1) is 5.92 Å². The molecular weight excluding hydrogens is 202 g/mol. The number of nitrogens with two attached hydrogens (primary N) is 1. The smallest absolute Gasteiger partial charge is 0.136 e. The second kappa shape index (κ2) is 5.28. The zero-order valence-corrected chi connectivity index (χ0v) is 10.0. The van der Waals surface area contributed by atoms with Crippen molar-refractivity contribution >= 4 is 5.78 Å². The lowest BCUT2D eigenvalue weighted by Crippen LogP contribution is -2.39. The normalized spacial score (nSPS) is 28.4. The average molecular weight is 225 g/mol. The fourth-order valence-corrected chi connectivity index (χ4v) is 3.15. The molecule has 1 aliphatic carbocycles. The van der Waals surface area contributed by atoms with Gasteiger partial charge in [0.25, 0.3) is 0 Å². The first-order valence-corrected chi connectivity index (χ1v) is 6.62. The molecule has 2 rings (SSSR count). The van der Waals surface area contributed by atoms with Crippen LogP contribution >= 0.6 is 0 Å². The average Bonchev–Trinajstić information content (AvgIpc) is 2.74. The largest absolute Gasteiger partial charge is 0.375 e. The van der Waals surface area contributed by atoms with Gasteiger partial charge in [0.2, 0.25) is 0 Å². The summed E-state index contributed by atoms with van der Waals surface area (Å²) in [6.07, 6.45) is 8.25. The van der Waals surface area contributed by atoms with Gasteiger partial charge in [-0.25, -0.2) is 0 Å². The van der Waals surface area contributed by atoms with Crippen molar-refractivity contribution in [3.8, 4) is 0 Å². The highest BCUT2D eigenvalue weighted by Crippen LogP contribution is 2.42. The summed E-state index contributed by atoms with van der Waals surface area (Å²) in [5, 5.41) is 0. The molecule has 92 valence electrons. The summed E-state index contributed by atoms with van der Waals surface area (Å²) in [6, 6.07) is 0. The van der Waals surface area contributed by atoms with Crippen molar-refractivity contribution < 1.29 is 9.53 Å². The van der Waals surface area contributed by atoms with Crippen LogP contribution < -0.4 is 5.73 Å². The fraction of sp³-hybridized carbons (Fsp3) is 0.923. The van der Waals surface area contributed by atoms with E-state index in [2.05, 4.69) is 0 Å². The van der Waals surface area contributed by atoms with Crippen molar-refractivity contribution in [2.75, 3.05) is 13.2 Å². The summed E-state index contributed by atoms with van der Waals surface area (Å²) in [7, 11) is 0. The highest BCUT2D eigenvalue weighted by molar-refractivity contribution is 5.81. The van der Waals surface area contributed by atoms with E-state index in [1.54, 1.807) is 0 Å². The lowest BCUT2D eigenvalue weighted by molar-refractivity contribution is -0.136. The molecule has 1 unspecified atom stereocenters. The Balaban J connectivity index is 1.88. The molecular formula is C13H23NO2. The van der Waals surface area contributed by atoms with E-state index >= 15 is 0 Å². The fourth-order valence-electron chi connectivity index (χ4n) is 3.15. The standard InChI is InChI=1S/C13H23NO2/c14-8-3-4-12(15)11-5-9-16-13(10-11)6-1-2-7-13/h11H,1-10,14H2. The van der Waals surface area contributed by atoms with Crippen molar-refractivity contribution in [2.24, 2.45) is 11.7 Å². The summed E-state index contributed by atoms with van der Waals surface area (Å²) in [6.45, 7) is 1.40. The molecule has 1 saturated carbocycles. The van der Waals surface area contributed by atoms with Gasteiger partial charge in [-0.05, 0) is 38.6 Å². The third kappa shape index (κ3) is 2.64. The van der Waals surface area contributed by atoms with Crippen molar-refractivity contribution in [1.29, 1.82) is 0 Å². The first-order chi connectivity index (χ1) is 7.76. The monoisotopic (exact) mass is 225 g/mol. The van der Waals surface area contributed by atoms with Gasteiger partial charge >= 0.3 is 0 Å². The maximum absolute atomic E-state index is 12.0. The van der Waals surface area contributed by atoms with Gasteiger partial charge in [0, 0.05) is 18.9 Å². The molecule has 0 aromatic carbocycles. The Labute approximate surface area is 97.7 Å². The quantitative estimate of drug-likeness (QED) is 0.796. The summed E-state index contributed by atoms with van der Waals surface area (Å²) in [4.78, 5) is 12.0. The molecule has 2 fully saturated rings. The Morgan fingerprint density at radius 1 is 1.38 bits per heavy atom. The first-order valence-electron chi connectivity index (χ1n) is 6.62. The van der Waals surface area contributed by atoms with Crippen LogP contribution in [0.4, 0.5) is 0 Å². The molecule has 1 saturated heterocycles. The van der Waals surface area contributed by atoms with Crippen LogP contribution in [0.3, 0.4) is 0 Å². The van der Waals surface area contributed by atoms with Crippen LogP contribution in [-0.4, -0.2) is 24.5 Å². The predicted octanol–water partition coefficient (Wildman–Crippen LogP) is 2.03. The number of ketones is 1. The van der Waals surface area contributed by atoms with Crippen LogP contribution in [0.2, 0.25) is 0 Å². The van der Waals surface area contributed by atoms with E-state index in [1.807, 2.05) is 0 Å². The Bertz CT molecular complexity index is 246. The number of Topliss-reactive ketones (excluding diaryl/α,β-unsaturated/α-hetero) is 1. The van der Waals surface area contributed by atoms with Crippen LogP contribution in [-0.2, 0) is 9.53 Å². The van der Waals surface area contributed by atoms with Crippen molar-refractivity contribution in [3.63, 3.8) is 0 Å². The van der Waals surface area contributed by atoms with E-state index < -0.39 is 0 Å². The molecule has 1 spiro atoms. The van der Waals surface area contributed by atoms with Crippen molar-refractivity contribution in [3.05, 3.63) is 0 Å². The molecule has 2 aliphatic rings. The van der Waals surface area contributed by atoms with Crippen LogP contribution in [0.1, 0.15) is 51.4 Å². The minimum absolute atomic E-state index is 0.0707. The first kappa shape index (κ1) is 12.1. The van der Waals surface area contributed by atoms with Gasteiger partial charge in [0.15, 0.2) is 0 Å². The second-order valence-corrected chi connectivity index (χ2v) is 5.29. The molecule has 3 nitrogen and oxygen atoms in total. The Morgan fingerprint density at radius 2 is 2.12 bits per heavy atom. The third-order valence-corrected chi connectivity index (χ3v) is 4.09. The maximum Gasteiger partial charge on any atom is 0.136 e. The van der Waals surface area contributed by atoms with Gasteiger partial charge in [-0.1, -0.05) is 12.8 Å². The van der Waals surface area contributed by atoms with E-state index in [9.17, 15) is 4.79 Å². The van der Waals surface area contributed by atoms with E-state index in [-0.39, 0.29) is 11.5 Å². The lowest BCUT2D eigenvalue weighted by Gasteiger charge is -2.37. The zero-order chi connectivity index (χ0) is 11.4. The molecule has 0 aromatic rings. The molecule has 2 N–H and O–H groups in total. The van der Waals surface area contributed by atoms with Crippen LogP contribution in [0.25, 0.3) is 0 Å². The molecule has 0 bridgehead atoms. The Kier molecular flexibility index (Phi) is 3.98. The molecule has 0 radical (unpaired) electrons. The second-order valence-electron chi connectivity index (χ2n) is 5.29. The van der Waals surface area contributed by atoms with E-state index in [1.165, 1.54) is 12.8 Å². The number of carbonyl (C=O) groups excluding carboxylic acids is 1. The molecule has 0 amide bonds. The molecule has 3 heteroatoms. The maximum atomic E-state index is 12.0. The van der Waals surface area contributed by atoms with Crippen molar-refractivity contribution in [1.82, 2.24) is 0 Å². The minimum atomic E-state index is 0.0707. The summed E-state index contributed by atoms with van der Waals surface area (Å²) in [5.74, 6) is 0.665. The molecule has 1 aliphatic heterocycles. The van der Waals surface area contributed by atoms with Gasteiger partial charge in [0.1, 0.15) is 5.78 Å². The summed E-state index contributed by atoms with van der Waals surface area (Å²) >= 11 is 0. The highest BCUT2D eigenvalue weighted by atomic mass is 16.5. The van der Waals surface area contributed by atoms with E-state index in [0.29, 0.717) is 18.7 Å². The van der Waals surface area contributed by atoms with Crippen molar-refractivity contribution in [2.45, 2.75) is 57.0 Å². The SMILES string of the molecule is NCCCC(=O)C1CCOC2(CCCC2)C1. The van der Waals surface area contributed by atoms with Crippen LogP contribution in [0.15, 0.2) is 0 Å². The Hall–Kier alpha value is -0.410. The molecule has 16 heavy (non-hydrogen) atoms. The number of hydrogen-bond donors (Lipinski definition) is 1. The molecule has 1 atom stereocenters. The lowest BCUT2D eigenvalue weighted by atomic mass is 9.81. The Morgan fingerprint density at radius 3 is 2.81 bits per heavy atom. The third-order valence-electron chi connectivity index (χ3n) is 4.09. The van der Waals surface area contributed by atoms with Gasteiger partial charge in [-0.15, -0.1) is 0 Å². The molecule has 0 aromatic heterocycles. The van der Waals surface area contributed by atoms with Gasteiger partial charge < -0.3 is 10.5 Å². The van der Waals surface area contributed by atoms with Gasteiger partial charge in [-0.2, -0.15) is 0 Å². The number of carbonyl (C=O) groups is 1. The number of ether oxygens (including phenoxy) is 1. The minimum Gasteiger partial charge on any atom is -0.375 e. The van der Waals surface area contributed by atoms with Crippen LogP contribution in [0.5, 0.6) is 0 Å².